The maximum Gasteiger partial charge on any atom is 0.416 e. The monoisotopic (exact) mass is 305 g/mol. The highest BCUT2D eigenvalue weighted by molar-refractivity contribution is 5.54. The van der Waals surface area contributed by atoms with Crippen LogP contribution in [-0.2, 0) is 19.1 Å². The first-order chi connectivity index (χ1) is 10.5. The lowest BCUT2D eigenvalue weighted by atomic mass is 10.1. The second kappa shape index (κ2) is 6.03. The van der Waals surface area contributed by atoms with E-state index in [9.17, 15) is 13.2 Å². The fraction of sp³-hybridized carbons (Fsp3) is 0.333. The molecule has 4 heteroatoms. The van der Waals surface area contributed by atoms with E-state index in [0.717, 1.165) is 37.6 Å². The van der Waals surface area contributed by atoms with Crippen molar-refractivity contribution in [3.8, 4) is 0 Å². The summed E-state index contributed by atoms with van der Waals surface area (Å²) < 4.78 is 38.5. The molecule has 2 aromatic carbocycles. The second-order valence-corrected chi connectivity index (χ2v) is 5.71. The molecule has 0 spiro atoms. The molecule has 1 nitrogen and oxygen atoms in total. The summed E-state index contributed by atoms with van der Waals surface area (Å²) in [4.78, 5) is 2.19. The Morgan fingerprint density at radius 2 is 1.77 bits per heavy atom. The quantitative estimate of drug-likeness (QED) is 0.750. The molecule has 0 amide bonds. The first kappa shape index (κ1) is 14.9. The number of nitrogens with zero attached hydrogens (tertiary/aromatic N) is 1. The van der Waals surface area contributed by atoms with E-state index >= 15 is 0 Å². The van der Waals surface area contributed by atoms with E-state index in [2.05, 4.69) is 17.0 Å². The van der Waals surface area contributed by atoms with Gasteiger partial charge in [0.25, 0.3) is 0 Å². The van der Waals surface area contributed by atoms with Crippen LogP contribution in [-0.4, -0.2) is 6.54 Å². The molecule has 1 aliphatic heterocycles. The average Bonchev–Trinajstić information content (AvgIpc) is 2.70. The lowest BCUT2D eigenvalue weighted by molar-refractivity contribution is -0.137. The first-order valence-electron chi connectivity index (χ1n) is 7.53. The van der Waals surface area contributed by atoms with Gasteiger partial charge in [-0.3, -0.25) is 0 Å². The number of hydrogen-bond donors (Lipinski definition) is 0. The molecule has 0 saturated heterocycles. The minimum atomic E-state index is -4.29. The Kier molecular flexibility index (Phi) is 4.10. The van der Waals surface area contributed by atoms with Gasteiger partial charge < -0.3 is 4.90 Å². The summed E-state index contributed by atoms with van der Waals surface area (Å²) in [6.07, 6.45) is -1.06. The minimum absolute atomic E-state index is 0.515. The molecule has 0 aromatic heterocycles. The van der Waals surface area contributed by atoms with E-state index < -0.39 is 11.7 Å². The molecule has 2 aromatic rings. The number of para-hydroxylation sites is 1. The van der Waals surface area contributed by atoms with Crippen molar-refractivity contribution in [3.05, 3.63) is 65.2 Å². The highest BCUT2D eigenvalue weighted by atomic mass is 19.4. The van der Waals surface area contributed by atoms with Crippen LogP contribution in [0.2, 0.25) is 0 Å². The van der Waals surface area contributed by atoms with Crippen LogP contribution >= 0.6 is 0 Å². The molecule has 0 atom stereocenters. The Morgan fingerprint density at radius 3 is 2.59 bits per heavy atom. The number of hydrogen-bond acceptors (Lipinski definition) is 1. The number of anilines is 1. The maximum atomic E-state index is 12.8. The third-order valence-electron chi connectivity index (χ3n) is 4.08. The van der Waals surface area contributed by atoms with Gasteiger partial charge >= 0.3 is 6.18 Å². The minimum Gasteiger partial charge on any atom is -0.367 e. The van der Waals surface area contributed by atoms with Gasteiger partial charge in [-0.1, -0.05) is 30.3 Å². The summed E-state index contributed by atoms with van der Waals surface area (Å²) in [5, 5.41) is 0. The number of benzene rings is 2. The van der Waals surface area contributed by atoms with Crippen LogP contribution in [0.25, 0.3) is 0 Å². The van der Waals surface area contributed by atoms with Gasteiger partial charge in [0, 0.05) is 18.8 Å². The van der Waals surface area contributed by atoms with Crippen LogP contribution in [0.4, 0.5) is 18.9 Å². The molecule has 0 N–H and O–H groups in total. The maximum absolute atomic E-state index is 12.8. The molecule has 1 aliphatic rings. The van der Waals surface area contributed by atoms with Crippen LogP contribution in [0.1, 0.15) is 29.5 Å². The Balaban J connectivity index is 1.87. The molecule has 0 unspecified atom stereocenters. The van der Waals surface area contributed by atoms with Crippen LogP contribution in [0.3, 0.4) is 0 Å². The van der Waals surface area contributed by atoms with Gasteiger partial charge in [-0.25, -0.2) is 0 Å². The van der Waals surface area contributed by atoms with Gasteiger partial charge in [0.1, 0.15) is 0 Å². The number of rotatable bonds is 2. The Hall–Kier alpha value is -1.97. The van der Waals surface area contributed by atoms with Gasteiger partial charge in [-0.15, -0.1) is 0 Å². The van der Waals surface area contributed by atoms with Crippen molar-refractivity contribution in [1.82, 2.24) is 0 Å². The van der Waals surface area contributed by atoms with Crippen molar-refractivity contribution in [2.75, 3.05) is 11.4 Å². The molecule has 1 heterocycles. The third kappa shape index (κ3) is 3.26. The van der Waals surface area contributed by atoms with Crippen molar-refractivity contribution in [2.24, 2.45) is 0 Å². The zero-order chi connectivity index (χ0) is 15.6. The van der Waals surface area contributed by atoms with Crippen molar-refractivity contribution in [1.29, 1.82) is 0 Å². The van der Waals surface area contributed by atoms with Gasteiger partial charge in [0.2, 0.25) is 0 Å². The van der Waals surface area contributed by atoms with Gasteiger partial charge in [0.05, 0.1) is 5.56 Å². The zero-order valence-corrected chi connectivity index (χ0v) is 12.2. The van der Waals surface area contributed by atoms with Crippen molar-refractivity contribution in [2.45, 2.75) is 32.0 Å². The third-order valence-corrected chi connectivity index (χ3v) is 4.08. The summed E-state index contributed by atoms with van der Waals surface area (Å²) in [7, 11) is 0. The molecule has 0 aliphatic carbocycles. The number of halogens is 3. The van der Waals surface area contributed by atoms with Gasteiger partial charge in [-0.2, -0.15) is 13.2 Å². The summed E-state index contributed by atoms with van der Waals surface area (Å²) in [6, 6.07) is 13.8. The predicted molar refractivity (Wildman–Crippen MR) is 81.9 cm³/mol. The molecule has 0 bridgehead atoms. The van der Waals surface area contributed by atoms with E-state index in [0.29, 0.717) is 12.1 Å². The topological polar surface area (TPSA) is 3.24 Å². The van der Waals surface area contributed by atoms with E-state index in [1.807, 2.05) is 12.1 Å². The molecule has 0 saturated carbocycles. The Labute approximate surface area is 128 Å². The molecule has 3 rings (SSSR count). The van der Waals surface area contributed by atoms with Crippen molar-refractivity contribution >= 4 is 5.69 Å². The zero-order valence-electron chi connectivity index (χ0n) is 12.2. The number of alkyl halides is 3. The fourth-order valence-electron chi connectivity index (χ4n) is 3.00. The van der Waals surface area contributed by atoms with Gasteiger partial charge in [-0.05, 0) is 48.6 Å². The summed E-state index contributed by atoms with van der Waals surface area (Å²) in [5.41, 5.74) is 2.56. The van der Waals surface area contributed by atoms with E-state index in [-0.39, 0.29) is 0 Å². The van der Waals surface area contributed by atoms with Crippen molar-refractivity contribution < 1.29 is 13.2 Å². The first-order valence-corrected chi connectivity index (χ1v) is 7.53. The number of fused-ring (bicyclic) bond motifs is 1. The van der Waals surface area contributed by atoms with Crippen LogP contribution in [0, 0.1) is 0 Å². The molecule has 0 radical (unpaired) electrons. The highest BCUT2D eigenvalue weighted by Crippen LogP contribution is 2.31. The van der Waals surface area contributed by atoms with E-state index in [1.165, 1.54) is 17.7 Å². The van der Waals surface area contributed by atoms with Crippen LogP contribution in [0.15, 0.2) is 48.5 Å². The summed E-state index contributed by atoms with van der Waals surface area (Å²) >= 11 is 0. The summed E-state index contributed by atoms with van der Waals surface area (Å²) in [6.45, 7) is 1.40. The normalized spacial score (nSPS) is 15.3. The molecular weight excluding hydrogens is 287 g/mol. The molecular formula is C18H18F3N. The van der Waals surface area contributed by atoms with Crippen LogP contribution in [0.5, 0.6) is 0 Å². The molecule has 116 valence electrons. The lowest BCUT2D eigenvalue weighted by Crippen LogP contribution is -2.23. The molecule has 0 fully saturated rings. The SMILES string of the molecule is FC(F)(F)c1cccc(CN2CCCCc3ccccc32)c1. The average molecular weight is 305 g/mol. The fourth-order valence-corrected chi connectivity index (χ4v) is 3.00. The van der Waals surface area contributed by atoms with Crippen molar-refractivity contribution in [3.63, 3.8) is 0 Å². The lowest BCUT2D eigenvalue weighted by Gasteiger charge is -2.25. The second-order valence-electron chi connectivity index (χ2n) is 5.71. The summed E-state index contributed by atoms with van der Waals surface area (Å²) in [5.74, 6) is 0. The smallest absolute Gasteiger partial charge is 0.367 e. The predicted octanol–water partition coefficient (Wildman–Crippen LogP) is 5.05. The Bertz CT molecular complexity index is 649. The standard InChI is InChI=1S/C18H18F3N/c19-18(20,21)16-9-5-6-14(12-16)13-22-11-4-3-8-15-7-1-2-10-17(15)22/h1-2,5-7,9-10,12H,3-4,8,11,13H2. The van der Waals surface area contributed by atoms with E-state index in [1.54, 1.807) is 6.07 Å². The largest absolute Gasteiger partial charge is 0.416 e. The number of aryl methyl sites for hydroxylation is 1. The highest BCUT2D eigenvalue weighted by Gasteiger charge is 2.30. The Morgan fingerprint density at radius 1 is 0.955 bits per heavy atom. The van der Waals surface area contributed by atoms with Crippen LogP contribution < -0.4 is 4.90 Å². The molecule has 22 heavy (non-hydrogen) atoms. The van der Waals surface area contributed by atoms with E-state index in [4.69, 9.17) is 0 Å². The van der Waals surface area contributed by atoms with Gasteiger partial charge in [0.15, 0.2) is 0 Å².